The van der Waals surface area contributed by atoms with Gasteiger partial charge in [-0.2, -0.15) is 5.26 Å². The molecule has 2 aromatic rings. The molecule has 2 atom stereocenters. The van der Waals surface area contributed by atoms with Crippen molar-refractivity contribution in [2.24, 2.45) is 0 Å². The number of carbonyl (C=O) groups excluding carboxylic acids is 1. The second-order valence-corrected chi connectivity index (χ2v) is 6.60. The summed E-state index contributed by atoms with van der Waals surface area (Å²) < 4.78 is 0. The van der Waals surface area contributed by atoms with Crippen LogP contribution in [-0.2, 0) is 11.2 Å². The van der Waals surface area contributed by atoms with Gasteiger partial charge < -0.3 is 10.3 Å². The number of carbonyl (C=O) groups is 1. The third-order valence-electron chi connectivity index (χ3n) is 4.89. The van der Waals surface area contributed by atoms with Crippen LogP contribution < -0.4 is 10.9 Å². The first-order valence-corrected chi connectivity index (χ1v) is 8.48. The summed E-state index contributed by atoms with van der Waals surface area (Å²) in [5.41, 5.74) is 3.30. The molecule has 25 heavy (non-hydrogen) atoms. The van der Waals surface area contributed by atoms with E-state index in [9.17, 15) is 9.59 Å². The molecule has 1 aromatic heterocycles. The van der Waals surface area contributed by atoms with Gasteiger partial charge in [0.05, 0.1) is 0 Å². The predicted molar refractivity (Wildman–Crippen MR) is 95.3 cm³/mol. The van der Waals surface area contributed by atoms with E-state index in [0.29, 0.717) is 24.3 Å². The van der Waals surface area contributed by atoms with Crippen molar-refractivity contribution in [3.05, 3.63) is 68.6 Å². The van der Waals surface area contributed by atoms with Gasteiger partial charge in [0.2, 0.25) is 5.91 Å². The summed E-state index contributed by atoms with van der Waals surface area (Å²) in [5.74, 6) is 0.416. The quantitative estimate of drug-likeness (QED) is 0.880. The maximum Gasteiger partial charge on any atom is 0.266 e. The van der Waals surface area contributed by atoms with Crippen LogP contribution in [0.15, 0.2) is 35.1 Å². The van der Waals surface area contributed by atoms with E-state index in [1.165, 1.54) is 5.56 Å². The van der Waals surface area contributed by atoms with E-state index in [1.54, 1.807) is 13.8 Å². The van der Waals surface area contributed by atoms with Crippen molar-refractivity contribution in [1.29, 1.82) is 5.26 Å². The summed E-state index contributed by atoms with van der Waals surface area (Å²) in [5, 5.41) is 12.2. The van der Waals surface area contributed by atoms with Gasteiger partial charge in [0.25, 0.3) is 5.56 Å². The number of aromatic amines is 1. The molecule has 2 N–H and O–H groups in total. The first-order chi connectivity index (χ1) is 12.0. The van der Waals surface area contributed by atoms with E-state index >= 15 is 0 Å². The molecule has 0 radical (unpaired) electrons. The van der Waals surface area contributed by atoms with Gasteiger partial charge in [-0.3, -0.25) is 9.59 Å². The van der Waals surface area contributed by atoms with E-state index in [-0.39, 0.29) is 23.1 Å². The first kappa shape index (κ1) is 17.0. The molecule has 0 spiro atoms. The molecule has 1 aromatic carbocycles. The van der Waals surface area contributed by atoms with Gasteiger partial charge in [-0.15, -0.1) is 0 Å². The minimum Gasteiger partial charge on any atom is -0.353 e. The fraction of sp³-hybridized carbons (Fsp3) is 0.350. The molecule has 128 valence electrons. The van der Waals surface area contributed by atoms with Crippen LogP contribution in [0.3, 0.4) is 0 Å². The Labute approximate surface area is 146 Å². The third-order valence-corrected chi connectivity index (χ3v) is 4.89. The minimum absolute atomic E-state index is 0.00642. The third kappa shape index (κ3) is 3.63. The Morgan fingerprint density at radius 2 is 2.04 bits per heavy atom. The molecule has 0 saturated heterocycles. The van der Waals surface area contributed by atoms with E-state index in [4.69, 9.17) is 5.26 Å². The highest BCUT2D eigenvalue weighted by atomic mass is 16.1. The number of hydrogen-bond acceptors (Lipinski definition) is 3. The second-order valence-electron chi connectivity index (χ2n) is 6.60. The summed E-state index contributed by atoms with van der Waals surface area (Å²) in [7, 11) is 0. The van der Waals surface area contributed by atoms with Crippen molar-refractivity contribution in [2.45, 2.75) is 45.1 Å². The summed E-state index contributed by atoms with van der Waals surface area (Å²) in [6.45, 7) is 3.56. The number of rotatable bonds is 5. The molecule has 1 heterocycles. The SMILES string of the molecule is Cc1[nH]c(=O)c(C#N)c(C)c1CCC(=O)N[C@H]1C[C@@H]1c1ccccc1. The molecule has 1 aliphatic carbocycles. The Morgan fingerprint density at radius 1 is 1.32 bits per heavy atom. The van der Waals surface area contributed by atoms with Crippen molar-refractivity contribution in [2.75, 3.05) is 0 Å². The lowest BCUT2D eigenvalue weighted by atomic mass is 9.99. The van der Waals surface area contributed by atoms with Gasteiger partial charge in [-0.05, 0) is 43.4 Å². The Kier molecular flexibility index (Phi) is 4.71. The minimum atomic E-state index is -0.366. The number of benzene rings is 1. The summed E-state index contributed by atoms with van der Waals surface area (Å²) in [4.78, 5) is 26.7. The number of nitrogens with one attached hydrogen (secondary N) is 2. The van der Waals surface area contributed by atoms with Crippen LogP contribution in [0.1, 0.15) is 46.7 Å². The second kappa shape index (κ2) is 6.94. The van der Waals surface area contributed by atoms with E-state index in [0.717, 1.165) is 17.7 Å². The standard InChI is InChI=1S/C20H21N3O2/c1-12-15(13(2)22-20(25)17(12)11-21)8-9-19(24)23-18-10-16(18)14-6-4-3-5-7-14/h3-7,16,18H,8-10H2,1-2H3,(H,22,25)(H,23,24)/t16-,18+/m1/s1. The molecular formula is C20H21N3O2. The normalized spacial score (nSPS) is 18.4. The Balaban J connectivity index is 1.59. The molecule has 5 heteroatoms. The van der Waals surface area contributed by atoms with Gasteiger partial charge in [0, 0.05) is 24.1 Å². The molecule has 0 bridgehead atoms. The highest BCUT2D eigenvalue weighted by Gasteiger charge is 2.39. The van der Waals surface area contributed by atoms with Gasteiger partial charge in [-0.1, -0.05) is 30.3 Å². The van der Waals surface area contributed by atoms with Crippen molar-refractivity contribution >= 4 is 5.91 Å². The van der Waals surface area contributed by atoms with Crippen LogP contribution in [0.4, 0.5) is 0 Å². The fourth-order valence-corrected chi connectivity index (χ4v) is 3.36. The number of pyridine rings is 1. The maximum atomic E-state index is 12.2. The Hall–Kier alpha value is -2.87. The average molecular weight is 335 g/mol. The summed E-state index contributed by atoms with van der Waals surface area (Å²) in [6, 6.07) is 12.4. The topological polar surface area (TPSA) is 85.8 Å². The van der Waals surface area contributed by atoms with Crippen LogP contribution in [-0.4, -0.2) is 16.9 Å². The number of aryl methyl sites for hydroxylation is 1. The van der Waals surface area contributed by atoms with E-state index < -0.39 is 0 Å². The Bertz CT molecular complexity index is 894. The summed E-state index contributed by atoms with van der Waals surface area (Å²) >= 11 is 0. The molecule has 1 saturated carbocycles. The molecule has 3 rings (SSSR count). The Morgan fingerprint density at radius 3 is 2.72 bits per heavy atom. The van der Waals surface area contributed by atoms with E-state index in [1.807, 2.05) is 24.3 Å². The number of hydrogen-bond donors (Lipinski definition) is 2. The molecular weight excluding hydrogens is 314 g/mol. The van der Waals surface area contributed by atoms with Gasteiger partial charge in [0.15, 0.2) is 0 Å². The van der Waals surface area contributed by atoms with Gasteiger partial charge in [0.1, 0.15) is 11.6 Å². The lowest BCUT2D eigenvalue weighted by Crippen LogP contribution is -2.27. The number of aromatic nitrogens is 1. The number of nitriles is 1. The zero-order valence-corrected chi connectivity index (χ0v) is 14.4. The molecule has 5 nitrogen and oxygen atoms in total. The van der Waals surface area contributed by atoms with Gasteiger partial charge >= 0.3 is 0 Å². The lowest BCUT2D eigenvalue weighted by Gasteiger charge is -2.11. The smallest absolute Gasteiger partial charge is 0.266 e. The highest BCUT2D eigenvalue weighted by Crippen LogP contribution is 2.40. The monoisotopic (exact) mass is 335 g/mol. The van der Waals surface area contributed by atoms with Crippen LogP contribution in [0.5, 0.6) is 0 Å². The van der Waals surface area contributed by atoms with Crippen LogP contribution in [0.25, 0.3) is 0 Å². The summed E-state index contributed by atoms with van der Waals surface area (Å²) in [6.07, 6.45) is 1.83. The molecule has 1 fully saturated rings. The average Bonchev–Trinajstić information content (AvgIpc) is 3.34. The number of amides is 1. The zero-order chi connectivity index (χ0) is 18.0. The van der Waals surface area contributed by atoms with Crippen molar-refractivity contribution < 1.29 is 4.79 Å². The lowest BCUT2D eigenvalue weighted by molar-refractivity contribution is -0.121. The van der Waals surface area contributed by atoms with Crippen LogP contribution in [0.2, 0.25) is 0 Å². The van der Waals surface area contributed by atoms with E-state index in [2.05, 4.69) is 22.4 Å². The van der Waals surface area contributed by atoms with Gasteiger partial charge in [-0.25, -0.2) is 0 Å². The molecule has 0 unspecified atom stereocenters. The first-order valence-electron chi connectivity index (χ1n) is 8.48. The number of H-pyrrole nitrogens is 1. The van der Waals surface area contributed by atoms with Crippen LogP contribution in [0, 0.1) is 25.2 Å². The van der Waals surface area contributed by atoms with Crippen LogP contribution >= 0.6 is 0 Å². The maximum absolute atomic E-state index is 12.2. The highest BCUT2D eigenvalue weighted by molar-refractivity contribution is 5.77. The number of nitrogens with zero attached hydrogens (tertiary/aromatic N) is 1. The fourth-order valence-electron chi connectivity index (χ4n) is 3.36. The molecule has 0 aliphatic heterocycles. The van der Waals surface area contributed by atoms with Crippen molar-refractivity contribution in [3.8, 4) is 6.07 Å². The molecule has 1 aliphatic rings. The largest absolute Gasteiger partial charge is 0.353 e. The van der Waals surface area contributed by atoms with Crippen molar-refractivity contribution in [3.63, 3.8) is 0 Å². The zero-order valence-electron chi connectivity index (χ0n) is 14.4. The predicted octanol–water partition coefficient (Wildman–Crippen LogP) is 2.47. The van der Waals surface area contributed by atoms with Crippen molar-refractivity contribution in [1.82, 2.24) is 10.3 Å². The molecule has 1 amide bonds.